The quantitative estimate of drug-likeness (QED) is 0.690. The molecule has 122 valence electrons. The molecule has 1 heterocycles. The van der Waals surface area contributed by atoms with E-state index in [0.29, 0.717) is 25.9 Å². The van der Waals surface area contributed by atoms with E-state index >= 15 is 0 Å². The Morgan fingerprint density at radius 1 is 1.43 bits per heavy atom. The fourth-order valence-corrected chi connectivity index (χ4v) is 3.03. The van der Waals surface area contributed by atoms with Crippen LogP contribution in [0.5, 0.6) is 0 Å². The zero-order valence-electron chi connectivity index (χ0n) is 13.6. The van der Waals surface area contributed by atoms with Crippen molar-refractivity contribution < 1.29 is 14.7 Å². The first-order valence-corrected chi connectivity index (χ1v) is 7.58. The molecule has 0 radical (unpaired) electrons. The van der Waals surface area contributed by atoms with Gasteiger partial charge in [-0.05, 0) is 31.1 Å². The molecule has 6 nitrogen and oxygen atoms in total. The molecule has 1 aliphatic rings. The minimum Gasteiger partial charge on any atom is -0.465 e. The minimum absolute atomic E-state index is 0.0330. The van der Waals surface area contributed by atoms with E-state index in [9.17, 15) is 14.7 Å². The van der Waals surface area contributed by atoms with E-state index < -0.39 is 6.09 Å². The summed E-state index contributed by atoms with van der Waals surface area (Å²) in [7, 11) is 0. The lowest BCUT2D eigenvalue weighted by Gasteiger charge is -2.49. The number of carbonyl (C=O) groups excluding carboxylic acids is 1. The van der Waals surface area contributed by atoms with Crippen LogP contribution >= 0.6 is 0 Å². The summed E-state index contributed by atoms with van der Waals surface area (Å²) in [4.78, 5) is 23.8. The highest BCUT2D eigenvalue weighted by Crippen LogP contribution is 2.37. The fourth-order valence-electron chi connectivity index (χ4n) is 3.03. The average molecular weight is 299 g/mol. The number of likely N-dealkylation sites (tertiary alicyclic amines) is 1. The summed E-state index contributed by atoms with van der Waals surface area (Å²) >= 11 is 0. The predicted octanol–water partition coefficient (Wildman–Crippen LogP) is 1.79. The molecule has 6 heteroatoms. The molecule has 1 saturated heterocycles. The van der Waals surface area contributed by atoms with Crippen LogP contribution < -0.4 is 11.1 Å². The van der Waals surface area contributed by atoms with Crippen molar-refractivity contribution in [1.82, 2.24) is 10.2 Å². The lowest BCUT2D eigenvalue weighted by molar-refractivity contribution is -0.119. The molecule has 0 spiro atoms. The van der Waals surface area contributed by atoms with Crippen molar-refractivity contribution in [3.8, 4) is 0 Å². The highest BCUT2D eigenvalue weighted by molar-refractivity contribution is 5.72. The summed E-state index contributed by atoms with van der Waals surface area (Å²) in [6.07, 6.45) is 2.09. The molecule has 0 aromatic carbocycles. The Labute approximate surface area is 127 Å². The van der Waals surface area contributed by atoms with Gasteiger partial charge >= 0.3 is 6.09 Å². The third kappa shape index (κ3) is 5.19. The van der Waals surface area contributed by atoms with Gasteiger partial charge in [0.15, 0.2) is 0 Å². The second-order valence-electron chi connectivity index (χ2n) is 7.26. The molecule has 21 heavy (non-hydrogen) atoms. The SMILES string of the molecule is CC(=O)NCCCC1(N)CCN(C(=O)O)C(C(C)(C)C)C1. The van der Waals surface area contributed by atoms with Gasteiger partial charge in [-0.25, -0.2) is 4.79 Å². The van der Waals surface area contributed by atoms with E-state index in [2.05, 4.69) is 26.1 Å². The Kier molecular flexibility index (Phi) is 5.61. The normalized spacial score (nSPS) is 26.5. The summed E-state index contributed by atoms with van der Waals surface area (Å²) in [6.45, 7) is 8.76. The van der Waals surface area contributed by atoms with Gasteiger partial charge in [0.05, 0.1) is 0 Å². The number of piperidine rings is 1. The van der Waals surface area contributed by atoms with Crippen molar-refractivity contribution in [1.29, 1.82) is 0 Å². The van der Waals surface area contributed by atoms with Gasteiger partial charge in [-0.15, -0.1) is 0 Å². The molecule has 1 aliphatic heterocycles. The van der Waals surface area contributed by atoms with Crippen LogP contribution in [0.2, 0.25) is 0 Å². The standard InChI is InChI=1S/C15H29N3O3/c1-11(19)17-8-5-6-15(16)7-9-18(13(20)21)12(10-15)14(2,3)4/h12H,5-10,16H2,1-4H3,(H,17,19)(H,20,21). The third-order valence-electron chi connectivity index (χ3n) is 4.30. The maximum absolute atomic E-state index is 11.4. The Morgan fingerprint density at radius 3 is 2.52 bits per heavy atom. The van der Waals surface area contributed by atoms with Crippen LogP contribution in [0.3, 0.4) is 0 Å². The van der Waals surface area contributed by atoms with Crippen molar-refractivity contribution in [3.05, 3.63) is 0 Å². The molecule has 2 amide bonds. The number of rotatable bonds is 4. The van der Waals surface area contributed by atoms with Crippen molar-refractivity contribution in [2.24, 2.45) is 11.1 Å². The van der Waals surface area contributed by atoms with Gasteiger partial charge in [0, 0.05) is 31.6 Å². The molecule has 1 rings (SSSR count). The Balaban J connectivity index is 2.66. The minimum atomic E-state index is -0.866. The maximum Gasteiger partial charge on any atom is 0.407 e. The van der Waals surface area contributed by atoms with E-state index in [0.717, 1.165) is 12.8 Å². The number of nitrogens with zero attached hydrogens (tertiary/aromatic N) is 1. The molecule has 0 saturated carbocycles. The number of carbonyl (C=O) groups is 2. The maximum atomic E-state index is 11.4. The molecule has 2 atom stereocenters. The van der Waals surface area contributed by atoms with E-state index in [1.165, 1.54) is 11.8 Å². The summed E-state index contributed by atoms with van der Waals surface area (Å²) in [5, 5.41) is 12.1. The second kappa shape index (κ2) is 6.64. The van der Waals surface area contributed by atoms with Gasteiger partial charge in [-0.3, -0.25) is 4.79 Å². The van der Waals surface area contributed by atoms with E-state index in [1.807, 2.05) is 0 Å². The number of amides is 2. The largest absolute Gasteiger partial charge is 0.465 e. The topological polar surface area (TPSA) is 95.7 Å². The average Bonchev–Trinajstić information content (AvgIpc) is 2.33. The zero-order valence-corrected chi connectivity index (χ0v) is 13.6. The van der Waals surface area contributed by atoms with Crippen LogP contribution in [0.15, 0.2) is 0 Å². The number of carboxylic acid groups (broad SMARTS) is 1. The van der Waals surface area contributed by atoms with Crippen LogP contribution in [0.25, 0.3) is 0 Å². The lowest BCUT2D eigenvalue weighted by Crippen LogP contribution is -2.60. The number of nitrogens with one attached hydrogen (secondary N) is 1. The molecule has 0 aliphatic carbocycles. The first-order valence-electron chi connectivity index (χ1n) is 7.58. The smallest absolute Gasteiger partial charge is 0.407 e. The van der Waals surface area contributed by atoms with Crippen LogP contribution in [0.1, 0.15) is 53.4 Å². The first-order chi connectivity index (χ1) is 9.55. The Hall–Kier alpha value is -1.30. The van der Waals surface area contributed by atoms with E-state index in [4.69, 9.17) is 5.73 Å². The molecule has 0 aromatic heterocycles. The summed E-state index contributed by atoms with van der Waals surface area (Å²) in [5.74, 6) is -0.0330. The molecule has 1 fully saturated rings. The molecule has 2 unspecified atom stereocenters. The van der Waals surface area contributed by atoms with Gasteiger partial charge in [-0.1, -0.05) is 20.8 Å². The van der Waals surface area contributed by atoms with Crippen LogP contribution in [0.4, 0.5) is 4.79 Å². The van der Waals surface area contributed by atoms with Crippen molar-refractivity contribution in [2.75, 3.05) is 13.1 Å². The number of hydrogen-bond donors (Lipinski definition) is 3. The monoisotopic (exact) mass is 299 g/mol. The van der Waals surface area contributed by atoms with Crippen molar-refractivity contribution in [3.63, 3.8) is 0 Å². The van der Waals surface area contributed by atoms with Gasteiger partial charge in [-0.2, -0.15) is 0 Å². The first kappa shape index (κ1) is 17.8. The summed E-state index contributed by atoms with van der Waals surface area (Å²) in [6, 6.07) is -0.0745. The van der Waals surface area contributed by atoms with Crippen molar-refractivity contribution in [2.45, 2.75) is 65.0 Å². The van der Waals surface area contributed by atoms with Gasteiger partial charge in [0.25, 0.3) is 0 Å². The molecular formula is C15H29N3O3. The van der Waals surface area contributed by atoms with Crippen molar-refractivity contribution >= 4 is 12.0 Å². The number of hydrogen-bond acceptors (Lipinski definition) is 3. The van der Waals surface area contributed by atoms with Crippen LogP contribution in [-0.2, 0) is 4.79 Å². The third-order valence-corrected chi connectivity index (χ3v) is 4.30. The molecule has 4 N–H and O–H groups in total. The van der Waals surface area contributed by atoms with Gasteiger partial charge in [0.2, 0.25) is 5.91 Å². The second-order valence-corrected chi connectivity index (χ2v) is 7.26. The zero-order chi connectivity index (χ0) is 16.3. The van der Waals surface area contributed by atoms with Gasteiger partial charge in [0.1, 0.15) is 0 Å². The fraction of sp³-hybridized carbons (Fsp3) is 0.867. The highest BCUT2D eigenvalue weighted by Gasteiger charge is 2.43. The lowest BCUT2D eigenvalue weighted by atomic mass is 9.72. The summed E-state index contributed by atoms with van der Waals surface area (Å²) in [5.41, 5.74) is 6.01. The summed E-state index contributed by atoms with van der Waals surface area (Å²) < 4.78 is 0. The van der Waals surface area contributed by atoms with Gasteiger partial charge < -0.3 is 21.1 Å². The molecular weight excluding hydrogens is 270 g/mol. The number of nitrogens with two attached hydrogens (primary N) is 1. The predicted molar refractivity (Wildman–Crippen MR) is 82.0 cm³/mol. The van der Waals surface area contributed by atoms with Crippen LogP contribution in [0, 0.1) is 5.41 Å². The van der Waals surface area contributed by atoms with E-state index in [1.54, 1.807) is 0 Å². The van der Waals surface area contributed by atoms with Crippen LogP contribution in [-0.4, -0.2) is 46.7 Å². The Morgan fingerprint density at radius 2 is 2.05 bits per heavy atom. The Bertz CT molecular complexity index is 392. The molecule has 0 bridgehead atoms. The highest BCUT2D eigenvalue weighted by atomic mass is 16.4. The van der Waals surface area contributed by atoms with E-state index in [-0.39, 0.29) is 22.9 Å². The molecule has 0 aromatic rings.